The van der Waals surface area contributed by atoms with Crippen molar-refractivity contribution in [1.29, 1.82) is 5.41 Å². The van der Waals surface area contributed by atoms with E-state index >= 15 is 0 Å². The minimum absolute atomic E-state index is 0. The van der Waals surface area contributed by atoms with E-state index in [1.807, 2.05) is 12.1 Å². The molecule has 1 aliphatic carbocycles. The largest absolute Gasteiger partial charge is 0.493 e. The van der Waals surface area contributed by atoms with E-state index in [1.165, 1.54) is 22.0 Å². The Kier molecular flexibility index (Phi) is 8.26. The van der Waals surface area contributed by atoms with Gasteiger partial charge in [-0.2, -0.15) is 4.52 Å². The van der Waals surface area contributed by atoms with E-state index in [2.05, 4.69) is 44.8 Å². The SMILES string of the molecule is CCC(CC)Oc1ccc2nn(CC(=O)c3cc(OCC4CC4)cc(C(C)(C)C)c3)c(=N)n2n1.Cl. The van der Waals surface area contributed by atoms with Crippen molar-refractivity contribution in [3.8, 4) is 11.6 Å². The maximum Gasteiger partial charge on any atom is 0.242 e. The second kappa shape index (κ2) is 10.8. The average molecular weight is 502 g/mol. The molecule has 3 aromatic rings. The molecule has 1 aliphatic rings. The Morgan fingerprint density at radius 2 is 1.86 bits per heavy atom. The van der Waals surface area contributed by atoms with Crippen molar-refractivity contribution < 1.29 is 14.3 Å². The molecule has 0 bridgehead atoms. The number of halogens is 1. The molecule has 2 heterocycles. The fourth-order valence-electron chi connectivity index (χ4n) is 3.71. The molecule has 9 heteroatoms. The van der Waals surface area contributed by atoms with Gasteiger partial charge in [0.05, 0.1) is 12.7 Å². The van der Waals surface area contributed by atoms with Gasteiger partial charge >= 0.3 is 0 Å². The highest BCUT2D eigenvalue weighted by molar-refractivity contribution is 5.96. The summed E-state index contributed by atoms with van der Waals surface area (Å²) >= 11 is 0. The van der Waals surface area contributed by atoms with E-state index < -0.39 is 0 Å². The van der Waals surface area contributed by atoms with Crippen molar-refractivity contribution in [2.75, 3.05) is 6.61 Å². The topological polar surface area (TPSA) is 94.5 Å². The summed E-state index contributed by atoms with van der Waals surface area (Å²) in [7, 11) is 0. The Hall–Kier alpha value is -2.87. The molecule has 0 unspecified atom stereocenters. The van der Waals surface area contributed by atoms with Crippen molar-refractivity contribution in [3.05, 3.63) is 47.1 Å². The van der Waals surface area contributed by atoms with Crippen molar-refractivity contribution in [2.45, 2.75) is 78.4 Å². The van der Waals surface area contributed by atoms with Crippen LogP contribution in [0.25, 0.3) is 5.65 Å². The summed E-state index contributed by atoms with van der Waals surface area (Å²) in [5, 5.41) is 17.3. The molecule has 1 fully saturated rings. The number of nitrogens with one attached hydrogen (secondary N) is 1. The van der Waals surface area contributed by atoms with Crippen LogP contribution >= 0.6 is 12.4 Å². The molecule has 1 N–H and O–H groups in total. The Labute approximate surface area is 212 Å². The maximum absolute atomic E-state index is 13.3. The summed E-state index contributed by atoms with van der Waals surface area (Å²) in [5.74, 6) is 1.67. The first-order chi connectivity index (χ1) is 16.2. The minimum atomic E-state index is -0.127. The van der Waals surface area contributed by atoms with Gasteiger partial charge in [-0.05, 0) is 66.8 Å². The average Bonchev–Trinajstić information content (AvgIpc) is 3.59. The van der Waals surface area contributed by atoms with Crippen LogP contribution in [-0.2, 0) is 12.0 Å². The lowest BCUT2D eigenvalue weighted by molar-refractivity contribution is 0.0965. The molecule has 0 atom stereocenters. The predicted octanol–water partition coefficient (Wildman–Crippen LogP) is 4.97. The Balaban J connectivity index is 0.00000342. The van der Waals surface area contributed by atoms with Crippen LogP contribution < -0.4 is 15.1 Å². The quantitative estimate of drug-likeness (QED) is 0.396. The van der Waals surface area contributed by atoms with Crippen LogP contribution in [0.2, 0.25) is 0 Å². The lowest BCUT2D eigenvalue weighted by Gasteiger charge is -2.21. The molecule has 0 amide bonds. The van der Waals surface area contributed by atoms with Crippen LogP contribution in [0.5, 0.6) is 11.6 Å². The zero-order valence-electron chi connectivity index (χ0n) is 21.2. The molecule has 1 aromatic carbocycles. The van der Waals surface area contributed by atoms with Crippen LogP contribution in [-0.4, -0.2) is 37.9 Å². The second-order valence-corrected chi connectivity index (χ2v) is 10.2. The van der Waals surface area contributed by atoms with Crippen LogP contribution in [0.3, 0.4) is 0 Å². The Morgan fingerprint density at radius 1 is 1.14 bits per heavy atom. The van der Waals surface area contributed by atoms with Gasteiger partial charge in [0.15, 0.2) is 11.4 Å². The van der Waals surface area contributed by atoms with Gasteiger partial charge in [0.25, 0.3) is 0 Å². The third kappa shape index (κ3) is 6.42. The number of fused-ring (bicyclic) bond motifs is 1. The number of ketones is 1. The van der Waals surface area contributed by atoms with Crippen molar-refractivity contribution >= 4 is 23.8 Å². The number of hydrogen-bond acceptors (Lipinski definition) is 6. The number of hydrogen-bond donors (Lipinski definition) is 1. The molecule has 0 radical (unpaired) electrons. The van der Waals surface area contributed by atoms with E-state index in [0.717, 1.165) is 24.2 Å². The summed E-state index contributed by atoms with van der Waals surface area (Å²) < 4.78 is 14.7. The van der Waals surface area contributed by atoms with Gasteiger partial charge in [-0.15, -0.1) is 22.6 Å². The van der Waals surface area contributed by atoms with E-state index in [4.69, 9.17) is 14.9 Å². The zero-order valence-corrected chi connectivity index (χ0v) is 22.0. The number of carbonyl (C=O) groups excluding carboxylic acids is 1. The molecule has 0 spiro atoms. The lowest BCUT2D eigenvalue weighted by atomic mass is 9.85. The van der Waals surface area contributed by atoms with E-state index in [9.17, 15) is 4.79 Å². The van der Waals surface area contributed by atoms with E-state index in [1.54, 1.807) is 18.2 Å². The van der Waals surface area contributed by atoms with Gasteiger partial charge < -0.3 is 9.47 Å². The van der Waals surface area contributed by atoms with Crippen molar-refractivity contribution in [3.63, 3.8) is 0 Å². The minimum Gasteiger partial charge on any atom is -0.493 e. The smallest absolute Gasteiger partial charge is 0.242 e. The number of aromatic nitrogens is 4. The highest BCUT2D eigenvalue weighted by Crippen LogP contribution is 2.32. The molecular weight excluding hydrogens is 466 g/mol. The summed E-state index contributed by atoms with van der Waals surface area (Å²) in [5.41, 5.74) is 2.00. The summed E-state index contributed by atoms with van der Waals surface area (Å²) in [6, 6.07) is 9.26. The number of Topliss-reactive ketones (excluding diaryl/α,β-unsaturated/α-hetero) is 1. The highest BCUT2D eigenvalue weighted by Gasteiger charge is 2.23. The summed E-state index contributed by atoms with van der Waals surface area (Å²) in [4.78, 5) is 13.3. The number of carbonyl (C=O) groups is 1. The number of rotatable bonds is 10. The Morgan fingerprint density at radius 3 is 2.49 bits per heavy atom. The predicted molar refractivity (Wildman–Crippen MR) is 137 cm³/mol. The molecule has 0 saturated heterocycles. The second-order valence-electron chi connectivity index (χ2n) is 10.2. The number of benzene rings is 1. The van der Waals surface area contributed by atoms with Crippen LogP contribution in [0.1, 0.15) is 76.2 Å². The summed E-state index contributed by atoms with van der Waals surface area (Å²) in [6.07, 6.45) is 4.24. The van der Waals surface area contributed by atoms with Gasteiger partial charge in [-0.1, -0.05) is 34.6 Å². The third-order valence-electron chi connectivity index (χ3n) is 6.23. The molecular formula is C26H36ClN5O3. The van der Waals surface area contributed by atoms with Crippen LogP contribution in [0.15, 0.2) is 30.3 Å². The van der Waals surface area contributed by atoms with Crippen molar-refractivity contribution in [2.24, 2.45) is 5.92 Å². The van der Waals surface area contributed by atoms with Gasteiger partial charge in [0.2, 0.25) is 11.5 Å². The third-order valence-corrected chi connectivity index (χ3v) is 6.23. The number of nitrogens with zero attached hydrogens (tertiary/aromatic N) is 4. The van der Waals surface area contributed by atoms with Gasteiger partial charge in [0, 0.05) is 11.6 Å². The molecule has 8 nitrogen and oxygen atoms in total. The number of ether oxygens (including phenoxy) is 2. The fraction of sp³-hybridized carbons (Fsp3) is 0.538. The van der Waals surface area contributed by atoms with Gasteiger partial charge in [-0.3, -0.25) is 10.2 Å². The monoisotopic (exact) mass is 501 g/mol. The molecule has 35 heavy (non-hydrogen) atoms. The fourth-order valence-corrected chi connectivity index (χ4v) is 3.71. The maximum atomic E-state index is 13.3. The Bertz CT molecular complexity index is 1240. The molecule has 4 rings (SSSR count). The lowest BCUT2D eigenvalue weighted by Crippen LogP contribution is -2.27. The van der Waals surface area contributed by atoms with E-state index in [-0.39, 0.29) is 41.9 Å². The zero-order chi connectivity index (χ0) is 24.5. The van der Waals surface area contributed by atoms with Gasteiger partial charge in [0.1, 0.15) is 12.3 Å². The normalized spacial score (nSPS) is 13.7. The van der Waals surface area contributed by atoms with Crippen LogP contribution in [0, 0.1) is 11.3 Å². The standard InChI is InChI=1S/C26H35N5O3.ClH/c1-6-20(7-2)34-24-11-10-23-28-30(25(27)31(23)29-24)15-22(32)18-12-19(26(3,4)5)14-21(13-18)33-16-17-8-9-17;/h10-14,17,20,27H,6-9,15-16H2,1-5H3;1H. The molecule has 1 saturated carbocycles. The molecule has 0 aliphatic heterocycles. The van der Waals surface area contributed by atoms with Crippen molar-refractivity contribution in [1.82, 2.24) is 19.4 Å². The first kappa shape index (κ1) is 26.7. The first-order valence-electron chi connectivity index (χ1n) is 12.2. The first-order valence-corrected chi connectivity index (χ1v) is 12.2. The molecule has 2 aromatic heterocycles. The highest BCUT2D eigenvalue weighted by atomic mass is 35.5. The summed E-state index contributed by atoms with van der Waals surface area (Å²) in [6.45, 7) is 11.1. The van der Waals surface area contributed by atoms with Gasteiger partial charge in [-0.25, -0.2) is 4.68 Å². The van der Waals surface area contributed by atoms with Crippen LogP contribution in [0.4, 0.5) is 0 Å². The molecule has 190 valence electrons. The van der Waals surface area contributed by atoms with E-state index in [0.29, 0.717) is 29.6 Å².